The van der Waals surface area contributed by atoms with Crippen LogP contribution in [0, 0.1) is 5.41 Å². The lowest BCUT2D eigenvalue weighted by molar-refractivity contribution is -0.249. The van der Waals surface area contributed by atoms with E-state index < -0.39 is 34.5 Å². The average molecular weight is 662 g/mol. The Morgan fingerprint density at radius 3 is 2.33 bits per heavy atom. The Bertz CT molecular complexity index is 1850. The van der Waals surface area contributed by atoms with Crippen LogP contribution in [-0.2, 0) is 22.9 Å². The lowest BCUT2D eigenvalue weighted by Crippen LogP contribution is -2.68. The molecule has 0 aromatic carbocycles. The van der Waals surface area contributed by atoms with E-state index in [2.05, 4.69) is 25.3 Å². The SMILES string of the molecule is O=C(O)c1cc(-c2noc(C34CCC5(OCc6c(-c7c(Cl)cncc7Cl)noc6C6CC6)CCC53CC4)n2)cc(C(F)(F)F)n1. The first-order valence-corrected chi connectivity index (χ1v) is 15.3. The van der Waals surface area contributed by atoms with Crippen molar-refractivity contribution in [1.29, 1.82) is 0 Å². The van der Waals surface area contributed by atoms with Crippen molar-refractivity contribution in [2.75, 3.05) is 0 Å². The van der Waals surface area contributed by atoms with Gasteiger partial charge in [-0.3, -0.25) is 4.98 Å². The third-order valence-corrected chi connectivity index (χ3v) is 11.0. The smallest absolute Gasteiger partial charge is 0.433 e. The van der Waals surface area contributed by atoms with E-state index in [9.17, 15) is 23.1 Å². The van der Waals surface area contributed by atoms with E-state index >= 15 is 0 Å². The molecule has 45 heavy (non-hydrogen) atoms. The number of aromatic carboxylic acids is 1. The molecule has 234 valence electrons. The molecule has 4 aliphatic rings. The Morgan fingerprint density at radius 1 is 1.00 bits per heavy atom. The number of halogens is 5. The summed E-state index contributed by atoms with van der Waals surface area (Å²) in [6.45, 7) is 0.238. The monoisotopic (exact) mass is 661 g/mol. The Balaban J connectivity index is 1.10. The van der Waals surface area contributed by atoms with E-state index in [4.69, 9.17) is 37.0 Å². The third kappa shape index (κ3) is 4.12. The van der Waals surface area contributed by atoms with Crippen LogP contribution < -0.4 is 0 Å². The predicted molar refractivity (Wildman–Crippen MR) is 151 cm³/mol. The number of carbonyl (C=O) groups is 1. The van der Waals surface area contributed by atoms with Crippen LogP contribution in [-0.4, -0.2) is 41.9 Å². The van der Waals surface area contributed by atoms with Crippen LogP contribution in [0.3, 0.4) is 0 Å². The molecule has 4 aromatic rings. The minimum Gasteiger partial charge on any atom is -0.477 e. The van der Waals surface area contributed by atoms with Gasteiger partial charge in [0, 0.05) is 40.4 Å². The molecule has 4 saturated carbocycles. The second-order valence-electron chi connectivity index (χ2n) is 12.4. The highest BCUT2D eigenvalue weighted by atomic mass is 35.5. The van der Waals surface area contributed by atoms with Crippen molar-refractivity contribution in [2.24, 2.45) is 5.41 Å². The van der Waals surface area contributed by atoms with E-state index in [0.717, 1.165) is 68.4 Å². The summed E-state index contributed by atoms with van der Waals surface area (Å²) in [6, 6.07) is 1.75. The molecule has 15 heteroatoms. The van der Waals surface area contributed by atoms with E-state index in [1.807, 2.05) is 0 Å². The van der Waals surface area contributed by atoms with Crippen LogP contribution in [0.2, 0.25) is 10.0 Å². The fraction of sp³-hybridized carbons (Fsp3) is 0.467. The van der Waals surface area contributed by atoms with Crippen molar-refractivity contribution < 1.29 is 36.9 Å². The maximum Gasteiger partial charge on any atom is 0.433 e. The number of nitrogens with zero attached hydrogens (tertiary/aromatic N) is 5. The summed E-state index contributed by atoms with van der Waals surface area (Å²) >= 11 is 13.0. The molecule has 3 unspecified atom stereocenters. The minimum absolute atomic E-state index is 0.121. The molecule has 0 radical (unpaired) electrons. The Labute approximate surface area is 263 Å². The fourth-order valence-corrected chi connectivity index (χ4v) is 8.47. The predicted octanol–water partition coefficient (Wildman–Crippen LogP) is 7.64. The van der Waals surface area contributed by atoms with E-state index in [1.54, 1.807) is 0 Å². The van der Waals surface area contributed by atoms with Crippen molar-refractivity contribution in [3.63, 3.8) is 0 Å². The van der Waals surface area contributed by atoms with Crippen LogP contribution in [0.15, 0.2) is 33.6 Å². The van der Waals surface area contributed by atoms with Gasteiger partial charge in [0.05, 0.1) is 27.7 Å². The molecular formula is C30H24Cl2F3N5O5. The Morgan fingerprint density at radius 2 is 1.71 bits per heavy atom. The number of hydrogen-bond acceptors (Lipinski definition) is 9. The number of rotatable bonds is 8. The topological polar surface area (TPSA) is 137 Å². The van der Waals surface area contributed by atoms with Gasteiger partial charge in [-0.2, -0.15) is 18.2 Å². The minimum atomic E-state index is -4.85. The molecule has 0 bridgehead atoms. The first-order chi connectivity index (χ1) is 21.5. The van der Waals surface area contributed by atoms with Crippen LogP contribution >= 0.6 is 23.2 Å². The van der Waals surface area contributed by atoms with Crippen molar-refractivity contribution in [3.05, 3.63) is 63.2 Å². The number of carboxylic acids is 1. The molecule has 4 aliphatic carbocycles. The molecule has 8 rings (SSSR count). The van der Waals surface area contributed by atoms with Gasteiger partial charge in [0.2, 0.25) is 11.7 Å². The Hall–Kier alpha value is -3.55. The first-order valence-electron chi connectivity index (χ1n) is 14.6. The number of ether oxygens (including phenoxy) is 1. The summed E-state index contributed by atoms with van der Waals surface area (Å²) in [7, 11) is 0. The van der Waals surface area contributed by atoms with Crippen molar-refractivity contribution in [1.82, 2.24) is 25.3 Å². The second kappa shape index (κ2) is 9.73. The normalized spacial score (nSPS) is 27.0. The maximum atomic E-state index is 13.5. The zero-order chi connectivity index (χ0) is 31.4. The van der Waals surface area contributed by atoms with E-state index in [-0.39, 0.29) is 29.3 Å². The quantitative estimate of drug-likeness (QED) is 0.200. The lowest BCUT2D eigenvalue weighted by Gasteiger charge is -2.67. The number of pyridine rings is 2. The number of aromatic nitrogens is 5. The average Bonchev–Trinajstić information content (AvgIpc) is 3.51. The molecule has 1 spiro atoms. The highest BCUT2D eigenvalue weighted by Crippen LogP contribution is 2.79. The van der Waals surface area contributed by atoms with Crippen LogP contribution in [0.5, 0.6) is 0 Å². The van der Waals surface area contributed by atoms with Gasteiger partial charge in [-0.05, 0) is 63.5 Å². The summed E-state index contributed by atoms with van der Waals surface area (Å²) in [6.07, 6.45) is 4.92. The van der Waals surface area contributed by atoms with Gasteiger partial charge in [0.25, 0.3) is 0 Å². The van der Waals surface area contributed by atoms with Gasteiger partial charge in [0.1, 0.15) is 22.8 Å². The van der Waals surface area contributed by atoms with Crippen LogP contribution in [0.25, 0.3) is 22.6 Å². The van der Waals surface area contributed by atoms with Gasteiger partial charge in [0.15, 0.2) is 0 Å². The largest absolute Gasteiger partial charge is 0.477 e. The number of hydrogen-bond donors (Lipinski definition) is 1. The molecular weight excluding hydrogens is 638 g/mol. The molecule has 4 fully saturated rings. The Kier molecular flexibility index (Phi) is 6.24. The zero-order valence-electron chi connectivity index (χ0n) is 23.5. The third-order valence-electron chi connectivity index (χ3n) is 10.5. The lowest BCUT2D eigenvalue weighted by atomic mass is 9.39. The molecule has 1 N–H and O–H groups in total. The fourth-order valence-electron chi connectivity index (χ4n) is 7.93. The van der Waals surface area contributed by atoms with Gasteiger partial charge in [-0.15, -0.1) is 0 Å². The first kappa shape index (κ1) is 28.9. The number of alkyl halides is 3. The molecule has 0 amide bonds. The molecule has 0 saturated heterocycles. The van der Waals surface area contributed by atoms with Gasteiger partial charge in [-0.25, -0.2) is 9.78 Å². The summed E-state index contributed by atoms with van der Waals surface area (Å²) < 4.78 is 58.9. The molecule has 4 aromatic heterocycles. The summed E-state index contributed by atoms with van der Waals surface area (Å²) in [4.78, 5) is 23.3. The van der Waals surface area contributed by atoms with E-state index in [1.165, 1.54) is 12.4 Å². The summed E-state index contributed by atoms with van der Waals surface area (Å²) in [5.41, 5.74) is -1.60. The second-order valence-corrected chi connectivity index (χ2v) is 13.2. The van der Waals surface area contributed by atoms with Crippen molar-refractivity contribution in [3.8, 4) is 22.6 Å². The molecule has 4 heterocycles. The van der Waals surface area contributed by atoms with Gasteiger partial charge < -0.3 is 18.9 Å². The van der Waals surface area contributed by atoms with E-state index in [0.29, 0.717) is 33.6 Å². The zero-order valence-corrected chi connectivity index (χ0v) is 25.0. The van der Waals surface area contributed by atoms with Crippen molar-refractivity contribution in [2.45, 2.75) is 81.1 Å². The van der Waals surface area contributed by atoms with Crippen molar-refractivity contribution >= 4 is 29.2 Å². The van der Waals surface area contributed by atoms with Crippen LogP contribution in [0.4, 0.5) is 13.2 Å². The maximum absolute atomic E-state index is 13.5. The van der Waals surface area contributed by atoms with Gasteiger partial charge >= 0.3 is 12.1 Å². The summed E-state index contributed by atoms with van der Waals surface area (Å²) in [5, 5.41) is 18.4. The highest BCUT2D eigenvalue weighted by molar-refractivity contribution is 6.38. The number of carboxylic acid groups (broad SMARTS) is 1. The highest BCUT2D eigenvalue weighted by Gasteiger charge is 2.80. The molecule has 0 aliphatic heterocycles. The summed E-state index contributed by atoms with van der Waals surface area (Å²) in [5.74, 6) is -0.355. The molecule has 10 nitrogen and oxygen atoms in total. The molecule has 3 atom stereocenters. The van der Waals surface area contributed by atoms with Gasteiger partial charge in [-0.1, -0.05) is 33.5 Å². The van der Waals surface area contributed by atoms with Crippen LogP contribution in [0.1, 0.15) is 90.7 Å². The standard InChI is InChI=1S/C30H24Cl2F3N5O5/c31-17-11-36-12-18(32)21(17)22-16(23(44-39-22)14-1-2-14)13-43-29-7-4-27(3-5-28(27,29)6-8-29)26-38-24(40-45-26)15-9-19(25(41)42)37-20(10-15)30(33,34)35/h9-12,14H,1-8,13H2,(H,41,42).